The van der Waals surface area contributed by atoms with Gasteiger partial charge in [0.15, 0.2) is 0 Å². The van der Waals surface area contributed by atoms with E-state index in [-0.39, 0.29) is 24.1 Å². The molecule has 70 heavy (non-hydrogen) atoms. The lowest BCUT2D eigenvalue weighted by molar-refractivity contribution is 0.218. The molecule has 0 radical (unpaired) electrons. The molecule has 0 bridgehead atoms. The van der Waals surface area contributed by atoms with Crippen LogP contribution in [0.5, 0.6) is 11.5 Å². The van der Waals surface area contributed by atoms with E-state index in [1.165, 1.54) is 0 Å². The van der Waals surface area contributed by atoms with Crippen molar-refractivity contribution in [1.29, 1.82) is 0 Å². The lowest BCUT2D eigenvalue weighted by Crippen LogP contribution is -2.35. The number of carbonyl (C=O) groups is 2. The van der Waals surface area contributed by atoms with Crippen LogP contribution in [0.4, 0.5) is 38.0 Å². The number of nitrogens with one attached hydrogen (secondary N) is 2. The molecule has 4 amide bonds. The van der Waals surface area contributed by atoms with Crippen molar-refractivity contribution < 1.29 is 19.1 Å². The number of carbonyl (C=O) groups excluding carboxylic acids is 2. The van der Waals surface area contributed by atoms with E-state index in [9.17, 15) is 9.59 Å². The van der Waals surface area contributed by atoms with Crippen LogP contribution >= 0.6 is 0 Å². The van der Waals surface area contributed by atoms with E-state index in [0.29, 0.717) is 50.6 Å². The van der Waals surface area contributed by atoms with Crippen molar-refractivity contribution in [3.8, 4) is 11.5 Å². The number of fused-ring (bicyclic) bond motifs is 1. The topological polar surface area (TPSA) is 139 Å². The first-order chi connectivity index (χ1) is 34.0. The minimum atomic E-state index is -0.304. The number of allylic oxidation sites excluding steroid dienone is 2. The first kappa shape index (κ1) is 48.6. The summed E-state index contributed by atoms with van der Waals surface area (Å²) in [5.41, 5.74) is 17.5. The van der Waals surface area contributed by atoms with Gasteiger partial charge in [-0.05, 0) is 129 Å². The van der Waals surface area contributed by atoms with Gasteiger partial charge in [-0.3, -0.25) is 9.80 Å². The van der Waals surface area contributed by atoms with Gasteiger partial charge in [0.05, 0.1) is 55.0 Å². The lowest BCUT2D eigenvalue weighted by Gasteiger charge is -2.27. The fourth-order valence-corrected chi connectivity index (χ4v) is 9.51. The number of methoxy groups -OCH3 is 2. The molecule has 1 aromatic heterocycles. The van der Waals surface area contributed by atoms with Gasteiger partial charge < -0.3 is 45.1 Å². The zero-order valence-electron chi connectivity index (χ0n) is 41.3. The number of ether oxygens (including phenoxy) is 2. The maximum Gasteiger partial charge on any atom is 0.325 e. The molecule has 2 fully saturated rings. The van der Waals surface area contributed by atoms with Crippen molar-refractivity contribution >= 4 is 51.5 Å². The molecule has 0 aliphatic carbocycles. The van der Waals surface area contributed by atoms with Crippen molar-refractivity contribution in [2.45, 2.75) is 52.9 Å². The highest BCUT2D eigenvalue weighted by Gasteiger charge is 2.41. The average molecular weight is 943 g/mol. The van der Waals surface area contributed by atoms with E-state index in [1.807, 2.05) is 118 Å². The summed E-state index contributed by atoms with van der Waals surface area (Å²) in [4.78, 5) is 48.3. The third-order valence-electron chi connectivity index (χ3n) is 13.5. The van der Waals surface area contributed by atoms with Crippen LogP contribution in [0.3, 0.4) is 0 Å². The van der Waals surface area contributed by atoms with Crippen LogP contribution in [0.2, 0.25) is 0 Å². The van der Waals surface area contributed by atoms with Crippen LogP contribution in [-0.4, -0.2) is 103 Å². The molecule has 8 rings (SSSR count). The molecule has 364 valence electrons. The molecule has 2 aliphatic heterocycles. The molecular weight excluding hydrogens is 877 g/mol. The van der Waals surface area contributed by atoms with Crippen LogP contribution in [0, 0.1) is 0 Å². The van der Waals surface area contributed by atoms with Gasteiger partial charge in [-0.2, -0.15) is 0 Å². The predicted molar refractivity (Wildman–Crippen MR) is 284 cm³/mol. The first-order valence-corrected chi connectivity index (χ1v) is 24.2. The minimum absolute atomic E-state index is 0.0527. The molecule has 5 aromatic carbocycles. The van der Waals surface area contributed by atoms with E-state index in [0.717, 1.165) is 87.2 Å². The van der Waals surface area contributed by atoms with E-state index in [2.05, 4.69) is 88.9 Å². The van der Waals surface area contributed by atoms with Crippen molar-refractivity contribution in [3.63, 3.8) is 0 Å². The van der Waals surface area contributed by atoms with Crippen molar-refractivity contribution in [2.75, 3.05) is 85.8 Å². The summed E-state index contributed by atoms with van der Waals surface area (Å²) in [5.74, 6) is 1.55. The Morgan fingerprint density at radius 2 is 1.40 bits per heavy atom. The van der Waals surface area contributed by atoms with E-state index < -0.39 is 0 Å². The van der Waals surface area contributed by atoms with Gasteiger partial charge in [-0.15, -0.1) is 0 Å². The number of rotatable bonds is 21. The molecule has 6 aromatic rings. The number of H-pyrrole nitrogens is 1. The quantitative estimate of drug-likeness (QED) is 0.0475. The highest BCUT2D eigenvalue weighted by Crippen LogP contribution is 2.38. The second kappa shape index (κ2) is 22.0. The summed E-state index contributed by atoms with van der Waals surface area (Å²) in [7, 11) is 3.29. The minimum Gasteiger partial charge on any atom is -0.497 e. The number of likely N-dealkylation sites (N-methyl/N-ethyl adjacent to an activating group) is 2. The van der Waals surface area contributed by atoms with Crippen LogP contribution in [0.1, 0.15) is 50.4 Å². The summed E-state index contributed by atoms with van der Waals surface area (Å²) >= 11 is 0. The maximum atomic E-state index is 14.3. The number of nitrogens with two attached hydrogens (primary N) is 1. The standard InChI is InChI=1S/C56H66N10O4/c1-8-43(61(9-2)10-3)19-12-39(5)53-36-63(34-40-13-24-47(69-6)25-14-40)55(67)65(53)45-22-28-50(49(57)32-45)58-30-31-62(11-4)44-20-17-42(18-21-44)54-37-64(35-41-15-26-48(70-7)27-16-41)56(68)66(54)46-23-29-51-52(33-46)60-38-59-51/h8,12-29,32-33,38,53-54,58H,5,9-11,30-31,34-37,57H2,1-4,6-7H3,(H,59,60)/b19-12-,43-8+/t53-,54-/m1/s1. The SMILES string of the molecule is C=C(/C=C\C(=C/C)N(CC)CC)[C@H]1CN(Cc2ccc(OC)cc2)C(=O)N1c1ccc(NCCN(CC)c2ccc([C@H]3CN(Cc4ccc(OC)cc4)C(=O)N3c3ccc4nc[nH]c4c3)cc2)c(N)c1. The van der Waals surface area contributed by atoms with Gasteiger partial charge in [-0.1, -0.05) is 55.1 Å². The van der Waals surface area contributed by atoms with Gasteiger partial charge in [0.25, 0.3) is 0 Å². The number of nitrogen functional groups attached to an aromatic ring is 1. The Morgan fingerprint density at radius 1 is 0.786 bits per heavy atom. The summed E-state index contributed by atoms with van der Waals surface area (Å²) in [6.45, 7) is 18.8. The highest BCUT2D eigenvalue weighted by atomic mass is 16.5. The normalized spacial score (nSPS) is 16.2. The molecule has 14 nitrogen and oxygen atoms in total. The molecule has 2 atom stereocenters. The number of benzene rings is 5. The van der Waals surface area contributed by atoms with Crippen molar-refractivity contribution in [2.24, 2.45) is 0 Å². The number of amides is 4. The number of imidazole rings is 1. The number of nitrogens with zero attached hydrogens (tertiary/aromatic N) is 7. The van der Waals surface area contributed by atoms with E-state index in [4.69, 9.17) is 15.2 Å². The Hall–Kier alpha value is -7.87. The third kappa shape index (κ3) is 10.6. The van der Waals surface area contributed by atoms with Gasteiger partial charge in [0.2, 0.25) is 0 Å². The summed E-state index contributed by atoms with van der Waals surface area (Å²) in [6, 6.07) is 35.3. The van der Waals surface area contributed by atoms with E-state index in [1.54, 1.807) is 20.5 Å². The van der Waals surface area contributed by atoms with Crippen LogP contribution in [-0.2, 0) is 13.1 Å². The molecule has 14 heteroatoms. The van der Waals surface area contributed by atoms with Crippen molar-refractivity contribution in [3.05, 3.63) is 168 Å². The summed E-state index contributed by atoms with van der Waals surface area (Å²) in [5, 5.41) is 3.55. The Balaban J connectivity index is 0.952. The van der Waals surface area contributed by atoms with Gasteiger partial charge in [-0.25, -0.2) is 14.6 Å². The molecule has 0 unspecified atom stereocenters. The van der Waals surface area contributed by atoms with Crippen LogP contribution < -0.4 is 35.2 Å². The molecule has 2 aliphatic rings. The van der Waals surface area contributed by atoms with Crippen LogP contribution in [0.25, 0.3) is 11.0 Å². The average Bonchev–Trinajstić information content (AvgIpc) is 4.09. The molecule has 4 N–H and O–H groups in total. The van der Waals surface area contributed by atoms with Gasteiger partial charge >= 0.3 is 12.1 Å². The summed E-state index contributed by atoms with van der Waals surface area (Å²) in [6.07, 6.45) is 7.90. The van der Waals surface area contributed by atoms with E-state index >= 15 is 0 Å². The zero-order chi connectivity index (χ0) is 49.3. The highest BCUT2D eigenvalue weighted by molar-refractivity contribution is 5.98. The fourth-order valence-electron chi connectivity index (χ4n) is 9.51. The number of aromatic amines is 1. The molecule has 2 saturated heterocycles. The second-order valence-electron chi connectivity index (χ2n) is 17.6. The van der Waals surface area contributed by atoms with Gasteiger partial charge in [0, 0.05) is 81.7 Å². The maximum absolute atomic E-state index is 14.3. The number of urea groups is 2. The predicted octanol–water partition coefficient (Wildman–Crippen LogP) is 10.5. The smallest absolute Gasteiger partial charge is 0.325 e. The number of anilines is 5. The Morgan fingerprint density at radius 3 is 2.00 bits per heavy atom. The number of aromatic nitrogens is 2. The lowest BCUT2D eigenvalue weighted by atomic mass is 10.0. The fraction of sp³-hybridized carbons (Fsp3) is 0.304. The van der Waals surface area contributed by atoms with Crippen molar-refractivity contribution in [1.82, 2.24) is 24.7 Å². The Bertz CT molecular complexity index is 2820. The second-order valence-corrected chi connectivity index (χ2v) is 17.6. The zero-order valence-corrected chi connectivity index (χ0v) is 41.3. The molecule has 0 spiro atoms. The number of hydrogen-bond acceptors (Lipinski definition) is 9. The molecule has 0 saturated carbocycles. The Labute approximate surface area is 412 Å². The Kier molecular flexibility index (Phi) is 15.3. The number of hydrogen-bond donors (Lipinski definition) is 3. The molecule has 3 heterocycles. The first-order valence-electron chi connectivity index (χ1n) is 24.2. The monoisotopic (exact) mass is 943 g/mol. The summed E-state index contributed by atoms with van der Waals surface area (Å²) < 4.78 is 10.7. The third-order valence-corrected chi connectivity index (χ3v) is 13.5. The van der Waals surface area contributed by atoms with Crippen LogP contribution in [0.15, 0.2) is 152 Å². The molecular formula is C56H66N10O4. The largest absolute Gasteiger partial charge is 0.497 e. The van der Waals surface area contributed by atoms with Gasteiger partial charge in [0.1, 0.15) is 11.5 Å².